The molecule has 2 heterocycles. The maximum absolute atomic E-state index is 14.5. The molecule has 1 saturated heterocycles. The average Bonchev–Trinajstić information content (AvgIpc) is 2.89. The molecule has 2 aliphatic rings. The second-order valence-electron chi connectivity index (χ2n) is 5.50. The maximum atomic E-state index is 14.5. The van der Waals surface area contributed by atoms with Gasteiger partial charge in [0.25, 0.3) is 0 Å². The van der Waals surface area contributed by atoms with Gasteiger partial charge >= 0.3 is 6.09 Å². The van der Waals surface area contributed by atoms with Crippen molar-refractivity contribution in [3.8, 4) is 0 Å². The van der Waals surface area contributed by atoms with Gasteiger partial charge in [0.2, 0.25) is 0 Å². The van der Waals surface area contributed by atoms with Crippen LogP contribution in [-0.2, 0) is 4.74 Å². The summed E-state index contributed by atoms with van der Waals surface area (Å²) in [5.41, 5.74) is 6.43. The lowest BCUT2D eigenvalue weighted by atomic mass is 10.1. The number of amides is 1. The van der Waals surface area contributed by atoms with Gasteiger partial charge in [-0.2, -0.15) is 0 Å². The van der Waals surface area contributed by atoms with E-state index in [0.29, 0.717) is 30.2 Å². The van der Waals surface area contributed by atoms with Gasteiger partial charge in [-0.1, -0.05) is 0 Å². The molecule has 1 aromatic carbocycles. The first-order valence-corrected chi connectivity index (χ1v) is 7.34. The summed E-state index contributed by atoms with van der Waals surface area (Å²) < 4.78 is 19.5. The molecule has 2 N–H and O–H groups in total. The summed E-state index contributed by atoms with van der Waals surface area (Å²) in [6.07, 6.45) is 0.138. The third kappa shape index (κ3) is 2.64. The average molecular weight is 306 g/mol. The highest BCUT2D eigenvalue weighted by Gasteiger charge is 2.32. The second kappa shape index (κ2) is 5.92. The van der Waals surface area contributed by atoms with Crippen LogP contribution in [0.1, 0.15) is 12.0 Å². The van der Waals surface area contributed by atoms with Crippen LogP contribution in [0.3, 0.4) is 0 Å². The van der Waals surface area contributed by atoms with E-state index >= 15 is 0 Å². The minimum Gasteiger partial charge on any atom is -0.443 e. The van der Waals surface area contributed by atoms with Crippen molar-refractivity contribution in [3.63, 3.8) is 0 Å². The van der Waals surface area contributed by atoms with Crippen molar-refractivity contribution >= 4 is 17.6 Å². The van der Waals surface area contributed by atoms with E-state index < -0.39 is 11.9 Å². The third-order valence-electron chi connectivity index (χ3n) is 3.92. The molecule has 1 atom stereocenters. The van der Waals surface area contributed by atoms with Gasteiger partial charge in [-0.25, -0.2) is 9.18 Å². The summed E-state index contributed by atoms with van der Waals surface area (Å²) in [6.45, 7) is 2.16. The van der Waals surface area contributed by atoms with Gasteiger partial charge in [-0.05, 0) is 24.6 Å². The lowest BCUT2D eigenvalue weighted by Gasteiger charge is -2.25. The minimum absolute atomic E-state index is 0.254. The van der Waals surface area contributed by atoms with Crippen molar-refractivity contribution in [1.82, 2.24) is 4.90 Å². The van der Waals surface area contributed by atoms with Gasteiger partial charge in [0.15, 0.2) is 0 Å². The Balaban J connectivity index is 1.87. The number of cyclic esters (lactones) is 1. The van der Waals surface area contributed by atoms with E-state index in [2.05, 4.69) is 4.99 Å². The fraction of sp³-hybridized carbons (Fsp3) is 0.467. The first-order valence-electron chi connectivity index (χ1n) is 7.34. The maximum Gasteiger partial charge on any atom is 0.414 e. The Hall–Kier alpha value is -2.15. The van der Waals surface area contributed by atoms with Gasteiger partial charge in [-0.15, -0.1) is 0 Å². The molecule has 0 unspecified atom stereocenters. The van der Waals surface area contributed by atoms with Crippen molar-refractivity contribution in [2.45, 2.75) is 12.5 Å². The quantitative estimate of drug-likeness (QED) is 0.910. The summed E-state index contributed by atoms with van der Waals surface area (Å²) in [5.74, 6) is 0.258. The van der Waals surface area contributed by atoms with Crippen molar-refractivity contribution in [3.05, 3.63) is 29.6 Å². The Morgan fingerprint density at radius 1 is 1.50 bits per heavy atom. The molecular formula is C15H19FN4O2. The van der Waals surface area contributed by atoms with Gasteiger partial charge in [0.1, 0.15) is 17.8 Å². The number of rotatable bonds is 3. The van der Waals surface area contributed by atoms with Crippen LogP contribution in [0.4, 0.5) is 14.9 Å². The molecule has 0 radical (unpaired) electrons. The van der Waals surface area contributed by atoms with E-state index in [9.17, 15) is 9.18 Å². The number of ether oxygens (including phenoxy) is 1. The van der Waals surface area contributed by atoms with Crippen LogP contribution in [0.15, 0.2) is 23.2 Å². The summed E-state index contributed by atoms with van der Waals surface area (Å²) >= 11 is 0. The first-order chi connectivity index (χ1) is 10.6. The Morgan fingerprint density at radius 3 is 2.95 bits per heavy atom. The van der Waals surface area contributed by atoms with Crippen LogP contribution in [0.2, 0.25) is 0 Å². The normalized spacial score (nSPS) is 21.9. The molecule has 1 aromatic rings. The topological polar surface area (TPSA) is 71.2 Å². The monoisotopic (exact) mass is 306 g/mol. The number of aliphatic imine (C=N–C) groups is 1. The molecule has 0 spiro atoms. The van der Waals surface area contributed by atoms with Crippen LogP contribution < -0.4 is 10.6 Å². The van der Waals surface area contributed by atoms with E-state index in [1.54, 1.807) is 12.1 Å². The summed E-state index contributed by atoms with van der Waals surface area (Å²) in [5, 5.41) is 0. The fourth-order valence-electron chi connectivity index (χ4n) is 2.72. The zero-order valence-electron chi connectivity index (χ0n) is 12.5. The Kier molecular flexibility index (Phi) is 3.98. The number of benzene rings is 1. The molecule has 0 saturated carbocycles. The number of carbonyl (C=O) groups excluding carboxylic acids is 1. The molecular weight excluding hydrogens is 287 g/mol. The predicted octanol–water partition coefficient (Wildman–Crippen LogP) is 1.19. The summed E-state index contributed by atoms with van der Waals surface area (Å²) in [4.78, 5) is 19.5. The predicted molar refractivity (Wildman–Crippen MR) is 81.7 cm³/mol. The second-order valence-corrected chi connectivity index (χ2v) is 5.50. The van der Waals surface area contributed by atoms with Crippen molar-refractivity contribution in [2.24, 2.45) is 10.7 Å². The number of anilines is 1. The third-order valence-corrected chi connectivity index (χ3v) is 3.92. The molecule has 6 nitrogen and oxygen atoms in total. The highest BCUT2D eigenvalue weighted by atomic mass is 19.1. The van der Waals surface area contributed by atoms with Gasteiger partial charge in [-0.3, -0.25) is 9.89 Å². The molecule has 0 bridgehead atoms. The van der Waals surface area contributed by atoms with Crippen LogP contribution in [-0.4, -0.2) is 56.2 Å². The van der Waals surface area contributed by atoms with Gasteiger partial charge in [0.05, 0.1) is 17.8 Å². The molecule has 0 aliphatic carbocycles. The van der Waals surface area contributed by atoms with E-state index in [-0.39, 0.29) is 12.6 Å². The lowest BCUT2D eigenvalue weighted by Crippen LogP contribution is -2.33. The molecule has 1 amide bonds. The van der Waals surface area contributed by atoms with Crippen LogP contribution >= 0.6 is 0 Å². The van der Waals surface area contributed by atoms with Gasteiger partial charge in [0, 0.05) is 26.7 Å². The Morgan fingerprint density at radius 2 is 2.32 bits per heavy atom. The Labute approximate surface area is 128 Å². The van der Waals surface area contributed by atoms with Crippen molar-refractivity contribution in [2.75, 3.05) is 38.1 Å². The molecule has 22 heavy (non-hydrogen) atoms. The number of nitrogens with zero attached hydrogens (tertiary/aromatic N) is 3. The SMILES string of the molecule is CN1CCCN=C1c1ccc(N2C[C@H](CN)OC2=O)cc1F. The highest BCUT2D eigenvalue weighted by molar-refractivity contribution is 6.00. The number of hydrogen-bond acceptors (Lipinski definition) is 5. The standard InChI is InChI=1S/C15H19FN4O2/c1-19-6-2-5-18-14(19)12-4-3-10(7-13(12)16)20-9-11(8-17)22-15(20)21/h3-4,7,11H,2,5-6,8-9,17H2,1H3/t11-/m0/s1. The summed E-state index contributed by atoms with van der Waals surface area (Å²) in [7, 11) is 1.90. The van der Waals surface area contributed by atoms with Crippen LogP contribution in [0, 0.1) is 5.82 Å². The van der Waals surface area contributed by atoms with E-state index in [1.807, 2.05) is 11.9 Å². The van der Waals surface area contributed by atoms with Crippen molar-refractivity contribution < 1.29 is 13.9 Å². The van der Waals surface area contributed by atoms with E-state index in [1.165, 1.54) is 11.0 Å². The zero-order valence-corrected chi connectivity index (χ0v) is 12.5. The van der Waals surface area contributed by atoms with Gasteiger partial charge < -0.3 is 15.4 Å². The largest absolute Gasteiger partial charge is 0.443 e. The molecule has 3 rings (SSSR count). The van der Waals surface area contributed by atoms with Crippen LogP contribution in [0.5, 0.6) is 0 Å². The number of amidine groups is 1. The molecule has 1 fully saturated rings. The molecule has 0 aromatic heterocycles. The highest BCUT2D eigenvalue weighted by Crippen LogP contribution is 2.25. The molecule has 2 aliphatic heterocycles. The smallest absolute Gasteiger partial charge is 0.414 e. The summed E-state index contributed by atoms with van der Waals surface area (Å²) in [6, 6.07) is 4.72. The lowest BCUT2D eigenvalue weighted by molar-refractivity contribution is 0.145. The first kappa shape index (κ1) is 14.8. The number of hydrogen-bond donors (Lipinski definition) is 1. The minimum atomic E-state index is -0.491. The molecule has 118 valence electrons. The fourth-order valence-corrected chi connectivity index (χ4v) is 2.72. The van der Waals surface area contributed by atoms with Crippen LogP contribution in [0.25, 0.3) is 0 Å². The van der Waals surface area contributed by atoms with Crippen molar-refractivity contribution in [1.29, 1.82) is 0 Å². The number of nitrogens with two attached hydrogens (primary N) is 1. The number of carbonyl (C=O) groups is 1. The number of halogens is 1. The Bertz CT molecular complexity index is 620. The zero-order chi connectivity index (χ0) is 15.7. The van der Waals surface area contributed by atoms with E-state index in [0.717, 1.165) is 13.0 Å². The molecule has 7 heteroatoms. The van der Waals surface area contributed by atoms with E-state index in [4.69, 9.17) is 10.5 Å².